The maximum Gasteiger partial charge on any atom is 0.307 e. The lowest BCUT2D eigenvalue weighted by molar-refractivity contribution is -0.385. The van der Waals surface area contributed by atoms with Crippen LogP contribution in [0.25, 0.3) is 0 Å². The molecule has 1 aromatic rings. The largest absolute Gasteiger partial charge is 0.354 e. The molecule has 0 radical (unpaired) electrons. The molecule has 9 heteroatoms. The molecule has 0 aliphatic heterocycles. The molecule has 0 saturated heterocycles. The van der Waals surface area contributed by atoms with Gasteiger partial charge in [0.1, 0.15) is 18.9 Å². The van der Waals surface area contributed by atoms with Crippen molar-refractivity contribution < 1.29 is 14.5 Å². The molecule has 18 heavy (non-hydrogen) atoms. The molecule has 1 rings (SSSR count). The number of amides is 1. The minimum Gasteiger partial charge on any atom is -0.354 e. The zero-order valence-corrected chi connectivity index (χ0v) is 10.1. The van der Waals surface area contributed by atoms with Gasteiger partial charge in [-0.2, -0.15) is 5.10 Å². The summed E-state index contributed by atoms with van der Waals surface area (Å²) in [6, 6.07) is 0. The predicted octanol–water partition coefficient (Wildman–Crippen LogP) is 0.453. The fourth-order valence-corrected chi connectivity index (χ4v) is 1.33. The Morgan fingerprint density at radius 2 is 2.28 bits per heavy atom. The first-order valence-corrected chi connectivity index (χ1v) is 5.48. The van der Waals surface area contributed by atoms with Crippen molar-refractivity contribution in [2.45, 2.75) is 19.4 Å². The van der Waals surface area contributed by atoms with Crippen molar-refractivity contribution in [3.05, 3.63) is 22.5 Å². The molecular formula is C9H11ClN4O4. The van der Waals surface area contributed by atoms with E-state index in [9.17, 15) is 19.7 Å². The molecule has 1 N–H and O–H groups in total. The van der Waals surface area contributed by atoms with Crippen LogP contribution in [-0.4, -0.2) is 32.4 Å². The highest BCUT2D eigenvalue weighted by Crippen LogP contribution is 2.07. The van der Waals surface area contributed by atoms with Gasteiger partial charge in [0.25, 0.3) is 0 Å². The Hall–Kier alpha value is -1.96. The van der Waals surface area contributed by atoms with E-state index in [2.05, 4.69) is 10.4 Å². The first-order valence-electron chi connectivity index (χ1n) is 5.11. The second kappa shape index (κ2) is 6.70. The molecule has 0 aromatic carbocycles. The highest BCUT2D eigenvalue weighted by Gasteiger charge is 2.10. The number of nitrogens with one attached hydrogen (secondary N) is 1. The molecule has 0 atom stereocenters. The Balaban J connectivity index is 2.31. The van der Waals surface area contributed by atoms with Crippen LogP contribution in [0.3, 0.4) is 0 Å². The fraction of sp³-hybridized carbons (Fsp3) is 0.444. The molecular weight excluding hydrogens is 264 g/mol. The summed E-state index contributed by atoms with van der Waals surface area (Å²) in [6.45, 7) is 0.212. The fourth-order valence-electron chi connectivity index (χ4n) is 1.19. The normalized spacial score (nSPS) is 10.1. The van der Waals surface area contributed by atoms with Gasteiger partial charge in [-0.25, -0.2) is 0 Å². The molecule has 0 saturated carbocycles. The number of rotatable bonds is 7. The maximum absolute atomic E-state index is 11.4. The van der Waals surface area contributed by atoms with Crippen molar-refractivity contribution in [2.24, 2.45) is 0 Å². The quantitative estimate of drug-likeness (QED) is 0.336. The van der Waals surface area contributed by atoms with Gasteiger partial charge in [0.2, 0.25) is 11.1 Å². The highest BCUT2D eigenvalue weighted by atomic mass is 35.5. The summed E-state index contributed by atoms with van der Waals surface area (Å²) in [7, 11) is 0. The molecule has 1 heterocycles. The molecule has 0 aliphatic carbocycles. The van der Waals surface area contributed by atoms with Crippen molar-refractivity contribution >= 4 is 28.4 Å². The van der Waals surface area contributed by atoms with E-state index in [0.29, 0.717) is 13.0 Å². The Morgan fingerprint density at radius 3 is 2.83 bits per heavy atom. The third-order valence-corrected chi connectivity index (χ3v) is 2.20. The minimum absolute atomic E-state index is 0.108. The summed E-state index contributed by atoms with van der Waals surface area (Å²) in [5.41, 5.74) is -0.171. The van der Waals surface area contributed by atoms with Crippen molar-refractivity contribution in [3.63, 3.8) is 0 Å². The van der Waals surface area contributed by atoms with Gasteiger partial charge < -0.3 is 5.32 Å². The number of nitro groups is 1. The molecule has 0 bridgehead atoms. The van der Waals surface area contributed by atoms with Crippen LogP contribution in [0, 0.1) is 10.1 Å². The van der Waals surface area contributed by atoms with Crippen LogP contribution >= 0.6 is 11.6 Å². The number of nitrogens with zero attached hydrogens (tertiary/aromatic N) is 3. The number of carbonyl (C=O) groups is 2. The van der Waals surface area contributed by atoms with E-state index in [4.69, 9.17) is 11.6 Å². The van der Waals surface area contributed by atoms with E-state index in [1.807, 2.05) is 0 Å². The van der Waals surface area contributed by atoms with Gasteiger partial charge in [-0.05, 0) is 18.0 Å². The van der Waals surface area contributed by atoms with E-state index in [1.54, 1.807) is 0 Å². The zero-order chi connectivity index (χ0) is 13.5. The van der Waals surface area contributed by atoms with Crippen molar-refractivity contribution in [2.75, 3.05) is 6.54 Å². The molecule has 1 amide bonds. The van der Waals surface area contributed by atoms with Gasteiger partial charge in [-0.1, -0.05) is 0 Å². The third kappa shape index (κ3) is 4.91. The maximum atomic E-state index is 11.4. The van der Waals surface area contributed by atoms with E-state index in [0.717, 1.165) is 6.20 Å². The average Bonchev–Trinajstić information content (AvgIpc) is 2.72. The Morgan fingerprint density at radius 1 is 1.56 bits per heavy atom. The van der Waals surface area contributed by atoms with Gasteiger partial charge in [0, 0.05) is 13.0 Å². The molecule has 98 valence electrons. The number of hydrogen-bond acceptors (Lipinski definition) is 5. The van der Waals surface area contributed by atoms with E-state index in [1.165, 1.54) is 10.9 Å². The summed E-state index contributed by atoms with van der Waals surface area (Å²) in [6.07, 6.45) is 2.88. The molecule has 0 fully saturated rings. The predicted molar refractivity (Wildman–Crippen MR) is 62.0 cm³/mol. The summed E-state index contributed by atoms with van der Waals surface area (Å²) in [5, 5.41) is 16.1. The van der Waals surface area contributed by atoms with Crippen molar-refractivity contribution in [1.29, 1.82) is 0 Å². The number of hydrogen-bond donors (Lipinski definition) is 1. The molecule has 0 aliphatic rings. The van der Waals surface area contributed by atoms with E-state index >= 15 is 0 Å². The highest BCUT2D eigenvalue weighted by molar-refractivity contribution is 6.63. The van der Waals surface area contributed by atoms with Gasteiger partial charge in [-0.15, -0.1) is 0 Å². The summed E-state index contributed by atoms with van der Waals surface area (Å²) < 4.78 is 1.17. The lowest BCUT2D eigenvalue weighted by Crippen LogP contribution is -2.28. The second-order valence-electron chi connectivity index (χ2n) is 3.46. The smallest absolute Gasteiger partial charge is 0.307 e. The summed E-state index contributed by atoms with van der Waals surface area (Å²) in [4.78, 5) is 31.6. The van der Waals surface area contributed by atoms with Crippen LogP contribution in [-0.2, 0) is 16.1 Å². The lowest BCUT2D eigenvalue weighted by atomic mass is 10.3. The SMILES string of the molecule is O=C(Cl)CCCNC(=O)Cn1cc([N+](=O)[O-])cn1. The molecule has 8 nitrogen and oxygen atoms in total. The molecule has 1 aromatic heterocycles. The van der Waals surface area contributed by atoms with E-state index < -0.39 is 10.2 Å². The van der Waals surface area contributed by atoms with Crippen LogP contribution in [0.1, 0.15) is 12.8 Å². The van der Waals surface area contributed by atoms with Crippen LogP contribution in [0.5, 0.6) is 0 Å². The topological polar surface area (TPSA) is 107 Å². The summed E-state index contributed by atoms with van der Waals surface area (Å²) >= 11 is 5.13. The van der Waals surface area contributed by atoms with Gasteiger partial charge in [-0.3, -0.25) is 24.4 Å². The van der Waals surface area contributed by atoms with Gasteiger partial charge in [0.05, 0.1) is 4.92 Å². The number of halogens is 1. The van der Waals surface area contributed by atoms with Gasteiger partial charge in [0.15, 0.2) is 0 Å². The van der Waals surface area contributed by atoms with Crippen LogP contribution in [0.4, 0.5) is 5.69 Å². The zero-order valence-electron chi connectivity index (χ0n) is 9.34. The van der Waals surface area contributed by atoms with Crippen LogP contribution in [0.15, 0.2) is 12.4 Å². The molecule has 0 spiro atoms. The number of carbonyl (C=O) groups excluding carboxylic acids is 2. The summed E-state index contributed by atoms with van der Waals surface area (Å²) in [5.74, 6) is -0.338. The number of aromatic nitrogens is 2. The minimum atomic E-state index is -0.590. The first-order chi connectivity index (χ1) is 8.49. The standard InChI is InChI=1S/C9H11ClN4O4/c10-8(15)2-1-3-11-9(16)6-13-5-7(4-12-13)14(17)18/h4-5H,1-3,6H2,(H,11,16). The Bertz CT molecular complexity index is 459. The molecule has 0 unspecified atom stereocenters. The van der Waals surface area contributed by atoms with Gasteiger partial charge >= 0.3 is 5.69 Å². The van der Waals surface area contributed by atoms with Crippen molar-refractivity contribution in [3.8, 4) is 0 Å². The van der Waals surface area contributed by atoms with Crippen molar-refractivity contribution in [1.82, 2.24) is 15.1 Å². The third-order valence-electron chi connectivity index (χ3n) is 2.01. The second-order valence-corrected chi connectivity index (χ2v) is 3.88. The Labute approximate surface area is 107 Å². The monoisotopic (exact) mass is 274 g/mol. The van der Waals surface area contributed by atoms with E-state index in [-0.39, 0.29) is 24.6 Å². The average molecular weight is 275 g/mol. The lowest BCUT2D eigenvalue weighted by Gasteiger charge is -2.03. The Kier molecular flexibility index (Phi) is 5.25. The first kappa shape index (κ1) is 14.1. The van der Waals surface area contributed by atoms with Crippen LogP contribution < -0.4 is 5.32 Å². The van der Waals surface area contributed by atoms with Crippen LogP contribution in [0.2, 0.25) is 0 Å².